The maximum absolute atomic E-state index is 11.7. The molecule has 2 heterocycles. The SMILES string of the molecule is COC(=O)c1cnccc1-c1cc(C(C)(C)C)[nH]n1. The van der Waals surface area contributed by atoms with Crippen molar-refractivity contribution in [1.29, 1.82) is 0 Å². The highest BCUT2D eigenvalue weighted by Gasteiger charge is 2.20. The van der Waals surface area contributed by atoms with Gasteiger partial charge in [0.2, 0.25) is 0 Å². The van der Waals surface area contributed by atoms with Gasteiger partial charge < -0.3 is 4.74 Å². The molecule has 0 saturated heterocycles. The molecule has 0 amide bonds. The highest BCUT2D eigenvalue weighted by atomic mass is 16.5. The normalized spacial score (nSPS) is 11.4. The van der Waals surface area contributed by atoms with E-state index < -0.39 is 5.97 Å². The molecule has 0 aliphatic heterocycles. The van der Waals surface area contributed by atoms with Gasteiger partial charge in [0.05, 0.1) is 18.4 Å². The number of esters is 1. The molecule has 0 atom stereocenters. The van der Waals surface area contributed by atoms with E-state index in [4.69, 9.17) is 4.74 Å². The van der Waals surface area contributed by atoms with Crippen LogP contribution in [0.3, 0.4) is 0 Å². The van der Waals surface area contributed by atoms with Crippen LogP contribution in [-0.4, -0.2) is 28.3 Å². The number of aromatic amines is 1. The Hall–Kier alpha value is -2.17. The summed E-state index contributed by atoms with van der Waals surface area (Å²) in [6, 6.07) is 3.70. The van der Waals surface area contributed by atoms with E-state index in [0.29, 0.717) is 16.8 Å². The Labute approximate surface area is 112 Å². The van der Waals surface area contributed by atoms with Crippen LogP contribution < -0.4 is 0 Å². The third-order valence-electron chi connectivity index (χ3n) is 2.89. The first-order chi connectivity index (χ1) is 8.93. The number of nitrogens with zero attached hydrogens (tertiary/aromatic N) is 2. The maximum Gasteiger partial charge on any atom is 0.340 e. The van der Waals surface area contributed by atoms with E-state index in [9.17, 15) is 4.79 Å². The number of methoxy groups -OCH3 is 1. The number of pyridine rings is 1. The fraction of sp³-hybridized carbons (Fsp3) is 0.357. The zero-order chi connectivity index (χ0) is 14.0. The van der Waals surface area contributed by atoms with Crippen LogP contribution in [0.1, 0.15) is 36.8 Å². The lowest BCUT2D eigenvalue weighted by molar-refractivity contribution is 0.0601. The van der Waals surface area contributed by atoms with E-state index in [0.717, 1.165) is 5.69 Å². The molecule has 0 unspecified atom stereocenters. The number of nitrogens with one attached hydrogen (secondary N) is 1. The molecule has 5 heteroatoms. The molecule has 0 bridgehead atoms. The Balaban J connectivity index is 2.48. The predicted molar refractivity (Wildman–Crippen MR) is 71.9 cm³/mol. The summed E-state index contributed by atoms with van der Waals surface area (Å²) in [5.74, 6) is -0.414. The topological polar surface area (TPSA) is 67.9 Å². The number of H-pyrrole nitrogens is 1. The van der Waals surface area contributed by atoms with E-state index in [1.807, 2.05) is 6.07 Å². The molecule has 0 aliphatic carbocycles. The standard InChI is InChI=1S/C14H17N3O2/c1-14(2,3)12-7-11(16-17-12)9-5-6-15-8-10(9)13(18)19-4/h5-8H,1-4H3,(H,16,17). The molecule has 2 rings (SSSR count). The molecule has 0 fully saturated rings. The lowest BCUT2D eigenvalue weighted by Crippen LogP contribution is -2.11. The van der Waals surface area contributed by atoms with Crippen LogP contribution >= 0.6 is 0 Å². The van der Waals surface area contributed by atoms with Gasteiger partial charge in [0, 0.05) is 29.1 Å². The van der Waals surface area contributed by atoms with Crippen molar-refractivity contribution in [2.45, 2.75) is 26.2 Å². The third kappa shape index (κ3) is 2.65. The molecule has 0 saturated carbocycles. The van der Waals surface area contributed by atoms with Gasteiger partial charge in [-0.15, -0.1) is 0 Å². The van der Waals surface area contributed by atoms with Crippen molar-refractivity contribution in [3.05, 3.63) is 35.8 Å². The molecule has 0 aromatic carbocycles. The first-order valence-electron chi connectivity index (χ1n) is 6.02. The first-order valence-corrected chi connectivity index (χ1v) is 6.02. The highest BCUT2D eigenvalue weighted by Crippen LogP contribution is 2.27. The largest absolute Gasteiger partial charge is 0.465 e. The number of rotatable bonds is 2. The minimum atomic E-state index is -0.414. The Morgan fingerprint density at radius 2 is 2.11 bits per heavy atom. The van der Waals surface area contributed by atoms with Crippen LogP contribution in [0.25, 0.3) is 11.3 Å². The number of aromatic nitrogens is 3. The molecule has 5 nitrogen and oxygen atoms in total. The maximum atomic E-state index is 11.7. The molecule has 0 radical (unpaired) electrons. The van der Waals surface area contributed by atoms with Gasteiger partial charge in [0.15, 0.2) is 0 Å². The van der Waals surface area contributed by atoms with Crippen LogP contribution in [0.5, 0.6) is 0 Å². The Morgan fingerprint density at radius 1 is 1.37 bits per heavy atom. The monoisotopic (exact) mass is 259 g/mol. The van der Waals surface area contributed by atoms with Gasteiger partial charge in [-0.2, -0.15) is 5.10 Å². The van der Waals surface area contributed by atoms with Gasteiger partial charge in [-0.1, -0.05) is 20.8 Å². The summed E-state index contributed by atoms with van der Waals surface area (Å²) < 4.78 is 4.76. The Bertz CT molecular complexity index is 597. The average Bonchev–Trinajstić information content (AvgIpc) is 2.87. The third-order valence-corrected chi connectivity index (χ3v) is 2.89. The molecule has 100 valence electrons. The van der Waals surface area contributed by atoms with E-state index in [-0.39, 0.29) is 5.41 Å². The van der Waals surface area contributed by atoms with Gasteiger partial charge in [-0.05, 0) is 12.1 Å². The summed E-state index contributed by atoms with van der Waals surface area (Å²) in [7, 11) is 1.35. The van der Waals surface area contributed by atoms with Crippen LogP contribution in [0.2, 0.25) is 0 Å². The molecule has 2 aromatic rings. The molecule has 2 aromatic heterocycles. The number of carbonyl (C=O) groups is 1. The number of hydrogen-bond acceptors (Lipinski definition) is 4. The fourth-order valence-electron chi connectivity index (χ4n) is 1.73. The summed E-state index contributed by atoms with van der Waals surface area (Å²) >= 11 is 0. The second-order valence-electron chi connectivity index (χ2n) is 5.33. The zero-order valence-electron chi connectivity index (χ0n) is 11.5. The first kappa shape index (κ1) is 13.3. The van der Waals surface area contributed by atoms with Crippen LogP contribution in [0, 0.1) is 0 Å². The van der Waals surface area contributed by atoms with Gasteiger partial charge in [-0.3, -0.25) is 10.1 Å². The van der Waals surface area contributed by atoms with Crippen molar-refractivity contribution in [2.24, 2.45) is 0 Å². The predicted octanol–water partition coefficient (Wildman–Crippen LogP) is 2.56. The van der Waals surface area contributed by atoms with E-state index in [1.165, 1.54) is 13.3 Å². The van der Waals surface area contributed by atoms with Crippen molar-refractivity contribution in [3.63, 3.8) is 0 Å². The summed E-state index contributed by atoms with van der Waals surface area (Å²) in [6.45, 7) is 6.29. The van der Waals surface area contributed by atoms with Crippen molar-refractivity contribution in [3.8, 4) is 11.3 Å². The van der Waals surface area contributed by atoms with Crippen molar-refractivity contribution in [2.75, 3.05) is 7.11 Å². The van der Waals surface area contributed by atoms with Gasteiger partial charge in [0.1, 0.15) is 0 Å². The van der Waals surface area contributed by atoms with Crippen LogP contribution in [-0.2, 0) is 10.2 Å². The van der Waals surface area contributed by atoms with E-state index >= 15 is 0 Å². The Morgan fingerprint density at radius 3 is 2.68 bits per heavy atom. The van der Waals surface area contributed by atoms with Crippen LogP contribution in [0.15, 0.2) is 24.5 Å². The molecular formula is C14H17N3O2. The molecule has 1 N–H and O–H groups in total. The highest BCUT2D eigenvalue weighted by molar-refractivity contribution is 5.96. The number of carbonyl (C=O) groups excluding carboxylic acids is 1. The number of ether oxygens (including phenoxy) is 1. The lowest BCUT2D eigenvalue weighted by Gasteiger charge is -2.14. The molecule has 0 spiro atoms. The average molecular weight is 259 g/mol. The van der Waals surface area contributed by atoms with Gasteiger partial charge in [-0.25, -0.2) is 4.79 Å². The van der Waals surface area contributed by atoms with Crippen molar-refractivity contribution < 1.29 is 9.53 Å². The minimum Gasteiger partial charge on any atom is -0.465 e. The summed E-state index contributed by atoms with van der Waals surface area (Å²) in [5.41, 5.74) is 2.83. The number of hydrogen-bond donors (Lipinski definition) is 1. The van der Waals surface area contributed by atoms with E-state index in [1.54, 1.807) is 12.3 Å². The molecule has 19 heavy (non-hydrogen) atoms. The summed E-state index contributed by atoms with van der Waals surface area (Å²) in [6.07, 6.45) is 3.12. The van der Waals surface area contributed by atoms with Gasteiger partial charge >= 0.3 is 5.97 Å². The molecule has 0 aliphatic rings. The second-order valence-corrected chi connectivity index (χ2v) is 5.33. The van der Waals surface area contributed by atoms with Crippen molar-refractivity contribution >= 4 is 5.97 Å². The smallest absolute Gasteiger partial charge is 0.340 e. The second kappa shape index (κ2) is 4.84. The zero-order valence-corrected chi connectivity index (χ0v) is 11.5. The van der Waals surface area contributed by atoms with Gasteiger partial charge in [0.25, 0.3) is 0 Å². The fourth-order valence-corrected chi connectivity index (χ4v) is 1.73. The lowest BCUT2D eigenvalue weighted by atomic mass is 9.92. The quantitative estimate of drug-likeness (QED) is 0.841. The van der Waals surface area contributed by atoms with E-state index in [2.05, 4.69) is 36.0 Å². The van der Waals surface area contributed by atoms with Crippen LogP contribution in [0.4, 0.5) is 0 Å². The minimum absolute atomic E-state index is 0.0241. The summed E-state index contributed by atoms with van der Waals surface area (Å²) in [4.78, 5) is 15.7. The Kier molecular flexibility index (Phi) is 3.38. The van der Waals surface area contributed by atoms with Crippen molar-refractivity contribution in [1.82, 2.24) is 15.2 Å². The summed E-state index contributed by atoms with van der Waals surface area (Å²) in [5, 5.41) is 7.28. The molecular weight excluding hydrogens is 242 g/mol.